The molecule has 8 nitrogen and oxygen atoms in total. The number of H-pyrrole nitrogens is 1. The molecule has 1 atom stereocenters. The third-order valence-electron chi connectivity index (χ3n) is 6.13. The van der Waals surface area contributed by atoms with Gasteiger partial charge in [0.2, 0.25) is 0 Å². The second-order valence-corrected chi connectivity index (χ2v) is 9.45. The van der Waals surface area contributed by atoms with Crippen molar-refractivity contribution < 1.29 is 4.79 Å². The summed E-state index contributed by atoms with van der Waals surface area (Å²) >= 11 is 1.70. The first-order valence-electron chi connectivity index (χ1n) is 11.2. The van der Waals surface area contributed by atoms with Gasteiger partial charge in [0.15, 0.2) is 0 Å². The zero-order chi connectivity index (χ0) is 22.7. The molecule has 1 saturated heterocycles. The van der Waals surface area contributed by atoms with Gasteiger partial charge in [0.05, 0.1) is 17.0 Å². The molecule has 0 spiro atoms. The number of nitrogens with zero attached hydrogens (tertiary/aromatic N) is 3. The number of hydrogen-bond acceptors (Lipinski definition) is 6. The molecule has 1 amide bonds. The van der Waals surface area contributed by atoms with Gasteiger partial charge in [-0.3, -0.25) is 24.0 Å². The maximum absolute atomic E-state index is 12.9. The molecule has 4 rings (SSSR count). The molecule has 3 aromatic heterocycles. The van der Waals surface area contributed by atoms with Gasteiger partial charge >= 0.3 is 5.69 Å². The summed E-state index contributed by atoms with van der Waals surface area (Å²) in [5.74, 6) is 0.454. The topological polar surface area (TPSA) is 100 Å². The summed E-state index contributed by atoms with van der Waals surface area (Å²) in [5, 5.41) is 5.34. The number of aromatic nitrogens is 3. The number of thiophene rings is 1. The lowest BCUT2D eigenvalue weighted by Gasteiger charge is -2.36. The first-order valence-corrected chi connectivity index (χ1v) is 12.0. The summed E-state index contributed by atoms with van der Waals surface area (Å²) in [5.41, 5.74) is -0.403. The Morgan fingerprint density at radius 1 is 1.34 bits per heavy atom. The average molecular weight is 456 g/mol. The molecule has 0 bridgehead atoms. The van der Waals surface area contributed by atoms with E-state index in [-0.39, 0.29) is 17.3 Å². The Labute approximate surface area is 190 Å². The lowest BCUT2D eigenvalue weighted by atomic mass is 9.97. The van der Waals surface area contributed by atoms with Crippen LogP contribution < -0.4 is 16.6 Å². The summed E-state index contributed by atoms with van der Waals surface area (Å²) in [7, 11) is 0. The van der Waals surface area contributed by atoms with Gasteiger partial charge in [0.1, 0.15) is 5.65 Å². The number of piperidine rings is 1. The van der Waals surface area contributed by atoms with Crippen molar-refractivity contribution >= 4 is 28.3 Å². The molecule has 1 aliphatic rings. The molecule has 170 valence electrons. The largest absolute Gasteiger partial charge is 0.350 e. The number of carbonyl (C=O) groups excluding carboxylic acids is 1. The van der Waals surface area contributed by atoms with Crippen molar-refractivity contribution in [1.29, 1.82) is 0 Å². The highest BCUT2D eigenvalue weighted by atomic mass is 32.1. The monoisotopic (exact) mass is 455 g/mol. The van der Waals surface area contributed by atoms with Crippen molar-refractivity contribution in [2.24, 2.45) is 5.92 Å². The number of pyridine rings is 1. The van der Waals surface area contributed by atoms with Crippen LogP contribution in [-0.4, -0.2) is 45.0 Å². The maximum Gasteiger partial charge on any atom is 0.329 e. The van der Waals surface area contributed by atoms with E-state index in [9.17, 15) is 14.4 Å². The summed E-state index contributed by atoms with van der Waals surface area (Å²) in [6, 6.07) is 5.79. The molecule has 9 heteroatoms. The molecular weight excluding hydrogens is 426 g/mol. The van der Waals surface area contributed by atoms with Crippen LogP contribution >= 0.6 is 11.3 Å². The van der Waals surface area contributed by atoms with Crippen molar-refractivity contribution in [2.45, 2.75) is 45.7 Å². The van der Waals surface area contributed by atoms with Crippen LogP contribution in [0.1, 0.15) is 54.4 Å². The SMILES string of the molecule is CCCn1c(=O)[nH]c(=O)c2cc(C(=O)NCC(c3cccs3)N3CCC(C)CC3)cnc21. The minimum atomic E-state index is -0.529. The molecule has 32 heavy (non-hydrogen) atoms. The number of fused-ring (bicyclic) bond motifs is 1. The molecule has 0 aromatic carbocycles. The quantitative estimate of drug-likeness (QED) is 0.571. The Morgan fingerprint density at radius 2 is 2.12 bits per heavy atom. The van der Waals surface area contributed by atoms with Crippen LogP contribution in [0.3, 0.4) is 0 Å². The van der Waals surface area contributed by atoms with E-state index >= 15 is 0 Å². The van der Waals surface area contributed by atoms with E-state index < -0.39 is 11.2 Å². The molecule has 2 N–H and O–H groups in total. The van der Waals surface area contributed by atoms with Crippen molar-refractivity contribution in [2.75, 3.05) is 19.6 Å². The molecular formula is C23H29N5O3S. The van der Waals surface area contributed by atoms with Gasteiger partial charge in [-0.15, -0.1) is 11.3 Å². The van der Waals surface area contributed by atoms with Crippen LogP contribution in [0, 0.1) is 5.92 Å². The van der Waals surface area contributed by atoms with Crippen LogP contribution in [0.2, 0.25) is 0 Å². The smallest absolute Gasteiger partial charge is 0.329 e. The highest BCUT2D eigenvalue weighted by Crippen LogP contribution is 2.29. The highest BCUT2D eigenvalue weighted by molar-refractivity contribution is 7.10. The van der Waals surface area contributed by atoms with E-state index in [4.69, 9.17) is 0 Å². The van der Waals surface area contributed by atoms with E-state index in [0.29, 0.717) is 24.3 Å². The van der Waals surface area contributed by atoms with Gasteiger partial charge in [-0.05, 0) is 55.8 Å². The van der Waals surface area contributed by atoms with Crippen molar-refractivity contribution in [3.63, 3.8) is 0 Å². The van der Waals surface area contributed by atoms with Crippen LogP contribution in [0.5, 0.6) is 0 Å². The average Bonchev–Trinajstić information content (AvgIpc) is 3.32. The first kappa shape index (κ1) is 22.4. The van der Waals surface area contributed by atoms with Crippen LogP contribution in [0.15, 0.2) is 39.4 Å². The third-order valence-corrected chi connectivity index (χ3v) is 7.10. The number of rotatable bonds is 7. The van der Waals surface area contributed by atoms with Crippen LogP contribution in [-0.2, 0) is 6.54 Å². The second kappa shape index (κ2) is 9.79. The summed E-state index contributed by atoms with van der Waals surface area (Å²) in [6.07, 6.45) is 4.48. The zero-order valence-corrected chi connectivity index (χ0v) is 19.3. The number of hydrogen-bond donors (Lipinski definition) is 2. The maximum atomic E-state index is 12.9. The fourth-order valence-electron chi connectivity index (χ4n) is 4.25. The molecule has 0 saturated carbocycles. The Morgan fingerprint density at radius 3 is 2.81 bits per heavy atom. The fraction of sp³-hybridized carbons (Fsp3) is 0.478. The third kappa shape index (κ3) is 4.68. The lowest BCUT2D eigenvalue weighted by Crippen LogP contribution is -2.41. The zero-order valence-electron chi connectivity index (χ0n) is 18.5. The highest BCUT2D eigenvalue weighted by Gasteiger charge is 2.26. The van der Waals surface area contributed by atoms with Gasteiger partial charge in [0.25, 0.3) is 11.5 Å². The number of amides is 1. The normalized spacial score (nSPS) is 16.3. The molecule has 0 aliphatic carbocycles. The minimum Gasteiger partial charge on any atom is -0.350 e. The molecule has 4 heterocycles. The number of carbonyl (C=O) groups is 1. The van der Waals surface area contributed by atoms with Crippen LogP contribution in [0.4, 0.5) is 0 Å². The molecule has 0 radical (unpaired) electrons. The molecule has 1 unspecified atom stereocenters. The number of aryl methyl sites for hydroxylation is 1. The van der Waals surface area contributed by atoms with E-state index in [1.54, 1.807) is 11.3 Å². The Kier molecular flexibility index (Phi) is 6.86. The predicted molar refractivity (Wildman–Crippen MR) is 126 cm³/mol. The molecule has 1 aliphatic heterocycles. The van der Waals surface area contributed by atoms with Crippen molar-refractivity contribution in [3.05, 3.63) is 61.1 Å². The van der Waals surface area contributed by atoms with Crippen molar-refractivity contribution in [1.82, 2.24) is 24.8 Å². The Bertz CT molecular complexity index is 1190. The second-order valence-electron chi connectivity index (χ2n) is 8.47. The van der Waals surface area contributed by atoms with E-state index in [0.717, 1.165) is 38.3 Å². The fourth-order valence-corrected chi connectivity index (χ4v) is 5.11. The van der Waals surface area contributed by atoms with Gasteiger partial charge < -0.3 is 5.32 Å². The Balaban J connectivity index is 1.55. The van der Waals surface area contributed by atoms with Crippen LogP contribution in [0.25, 0.3) is 11.0 Å². The Hall–Kier alpha value is -2.78. The van der Waals surface area contributed by atoms with Gasteiger partial charge in [-0.25, -0.2) is 9.78 Å². The van der Waals surface area contributed by atoms with Crippen molar-refractivity contribution in [3.8, 4) is 0 Å². The summed E-state index contributed by atoms with van der Waals surface area (Å²) < 4.78 is 1.43. The summed E-state index contributed by atoms with van der Waals surface area (Å²) in [6.45, 7) is 7.19. The number of nitrogens with one attached hydrogen (secondary N) is 2. The van der Waals surface area contributed by atoms with Gasteiger partial charge in [0, 0.05) is 24.2 Å². The minimum absolute atomic E-state index is 0.123. The van der Waals surface area contributed by atoms with E-state index in [1.807, 2.05) is 13.0 Å². The van der Waals surface area contributed by atoms with E-state index in [1.165, 1.54) is 21.7 Å². The number of likely N-dealkylation sites (tertiary alicyclic amines) is 1. The molecule has 1 fully saturated rings. The van der Waals surface area contributed by atoms with Gasteiger partial charge in [-0.1, -0.05) is 19.9 Å². The first-order chi connectivity index (χ1) is 15.5. The summed E-state index contributed by atoms with van der Waals surface area (Å²) in [4.78, 5) is 47.7. The molecule has 3 aromatic rings. The van der Waals surface area contributed by atoms with E-state index in [2.05, 4.69) is 38.6 Å². The lowest BCUT2D eigenvalue weighted by molar-refractivity contribution is 0.0914. The standard InChI is InChI=1S/C23H29N5O3S/c1-3-8-28-20-17(22(30)26-23(28)31)12-16(13-24-20)21(29)25-14-18(19-5-4-11-32-19)27-9-6-15(2)7-10-27/h4-5,11-13,15,18H,3,6-10,14H2,1-2H3,(H,25,29)(H,26,30,31). The van der Waals surface area contributed by atoms with Gasteiger partial charge in [-0.2, -0.15) is 0 Å². The predicted octanol–water partition coefficient (Wildman–Crippen LogP) is 2.76. The number of aromatic amines is 1.